The second-order valence-corrected chi connectivity index (χ2v) is 19.5. The fourth-order valence-electron chi connectivity index (χ4n) is 9.49. The molecule has 3 fully saturated rings. The van der Waals surface area contributed by atoms with E-state index in [4.69, 9.17) is 38.6 Å². The molecule has 18 nitrogen and oxygen atoms in total. The highest BCUT2D eigenvalue weighted by Gasteiger charge is 2.53. The van der Waals surface area contributed by atoms with Gasteiger partial charge >= 0.3 is 17.9 Å². The Morgan fingerprint density at radius 1 is 0.797 bits per heavy atom. The van der Waals surface area contributed by atoms with Crippen LogP contribution in [-0.2, 0) is 47.6 Å². The van der Waals surface area contributed by atoms with Crippen LogP contribution in [-0.4, -0.2) is 170 Å². The van der Waals surface area contributed by atoms with Gasteiger partial charge in [0.15, 0.2) is 12.6 Å². The fraction of sp³-hybridized carbons (Fsp3) is 0.913. The molecule has 0 aromatic rings. The molecule has 3 aliphatic rings. The molecule has 0 spiro atoms. The van der Waals surface area contributed by atoms with Crippen molar-refractivity contribution in [2.45, 2.75) is 224 Å². The number of Topliss-reactive ketones (excluding diaryl/α,β-unsaturated/α-hetero) is 1. The predicted octanol–water partition coefficient (Wildman–Crippen LogP) is 3.67. The zero-order valence-corrected chi connectivity index (χ0v) is 40.6. The Balaban J connectivity index is 0.000000934. The Morgan fingerprint density at radius 2 is 1.34 bits per heavy atom. The number of likely N-dealkylation sites (N-methyl/N-ethyl adjacent to an activating group) is 1. The summed E-state index contributed by atoms with van der Waals surface area (Å²) in [6.45, 7) is 16.3. The van der Waals surface area contributed by atoms with Gasteiger partial charge in [-0.3, -0.25) is 19.2 Å². The van der Waals surface area contributed by atoms with Crippen molar-refractivity contribution < 1.29 is 83.3 Å². The van der Waals surface area contributed by atoms with Gasteiger partial charge in [0.1, 0.15) is 29.7 Å². The molecule has 18 heteroatoms. The highest BCUT2D eigenvalue weighted by Crippen LogP contribution is 2.41. The van der Waals surface area contributed by atoms with Crippen LogP contribution in [0.5, 0.6) is 0 Å². The minimum Gasteiger partial charge on any atom is -0.481 e. The molecule has 0 bridgehead atoms. The first-order valence-corrected chi connectivity index (χ1v) is 23.1. The van der Waals surface area contributed by atoms with E-state index in [1.807, 2.05) is 25.9 Å². The van der Waals surface area contributed by atoms with E-state index in [2.05, 4.69) is 0 Å². The van der Waals surface area contributed by atoms with Gasteiger partial charge in [-0.2, -0.15) is 0 Å². The summed E-state index contributed by atoms with van der Waals surface area (Å²) in [6, 6.07) is -0.324. The summed E-state index contributed by atoms with van der Waals surface area (Å²) in [7, 11) is 5.18. The van der Waals surface area contributed by atoms with Crippen LogP contribution in [0.15, 0.2) is 0 Å². The van der Waals surface area contributed by atoms with E-state index in [1.54, 1.807) is 41.5 Å². The Kier molecular flexibility index (Phi) is 22.7. The van der Waals surface area contributed by atoms with Gasteiger partial charge in [0.05, 0.1) is 47.6 Å². The minimum atomic E-state index is -1.99. The monoisotopic (exact) mass is 922 g/mol. The molecule has 3 aliphatic heterocycles. The number of unbranched alkanes of at least 4 members (excludes halogenated alkanes) is 4. The molecule has 374 valence electrons. The number of methoxy groups -OCH3 is 1. The van der Waals surface area contributed by atoms with Crippen LogP contribution in [0.4, 0.5) is 0 Å². The van der Waals surface area contributed by atoms with Crippen molar-refractivity contribution >= 4 is 23.7 Å². The first-order chi connectivity index (χ1) is 29.6. The lowest BCUT2D eigenvalue weighted by Gasteiger charge is -2.49. The molecule has 0 aromatic heterocycles. The normalized spacial score (nSPS) is 41.6. The van der Waals surface area contributed by atoms with Crippen molar-refractivity contribution in [3.8, 4) is 0 Å². The van der Waals surface area contributed by atoms with Crippen molar-refractivity contribution in [2.75, 3.05) is 21.2 Å². The number of hydrogen-bond donors (Lipinski definition) is 7. The second-order valence-electron chi connectivity index (χ2n) is 19.5. The van der Waals surface area contributed by atoms with Crippen molar-refractivity contribution in [1.29, 1.82) is 0 Å². The zero-order valence-electron chi connectivity index (χ0n) is 40.6. The lowest BCUT2D eigenvalue weighted by atomic mass is 9.74. The summed E-state index contributed by atoms with van der Waals surface area (Å²) in [4.78, 5) is 50.0. The summed E-state index contributed by atoms with van der Waals surface area (Å²) < 4.78 is 37.1. The topological polar surface area (TPSA) is 269 Å². The third-order valence-electron chi connectivity index (χ3n) is 13.6. The number of aliphatic carboxylic acids is 2. The van der Waals surface area contributed by atoms with Crippen LogP contribution in [0.1, 0.15) is 140 Å². The highest BCUT2D eigenvalue weighted by molar-refractivity contribution is 5.83. The van der Waals surface area contributed by atoms with E-state index in [9.17, 15) is 44.7 Å². The maximum absolute atomic E-state index is 14.1. The largest absolute Gasteiger partial charge is 0.481 e. The number of hydrogen-bond acceptors (Lipinski definition) is 16. The van der Waals surface area contributed by atoms with E-state index in [1.165, 1.54) is 27.9 Å². The van der Waals surface area contributed by atoms with Crippen LogP contribution < -0.4 is 0 Å². The molecule has 3 heterocycles. The van der Waals surface area contributed by atoms with Gasteiger partial charge in [-0.1, -0.05) is 47.0 Å². The number of ether oxygens (including phenoxy) is 6. The number of carbonyl (C=O) groups excluding carboxylic acids is 2. The third kappa shape index (κ3) is 15.6. The summed E-state index contributed by atoms with van der Waals surface area (Å²) in [5.41, 5.74) is -4.84. The maximum Gasteiger partial charge on any atom is 0.311 e. The van der Waals surface area contributed by atoms with Gasteiger partial charge in [0.2, 0.25) is 0 Å². The number of carboxylic acids is 2. The number of cyclic esters (lactones) is 1. The molecule has 0 amide bonds. The number of carboxylic acid groups (broad SMARTS) is 2. The van der Waals surface area contributed by atoms with E-state index < -0.39 is 119 Å². The van der Waals surface area contributed by atoms with E-state index in [-0.39, 0.29) is 44.2 Å². The van der Waals surface area contributed by atoms with E-state index in [0.29, 0.717) is 19.3 Å². The Morgan fingerprint density at radius 3 is 1.84 bits per heavy atom. The number of rotatable bonds is 15. The second kappa shape index (κ2) is 25.1. The van der Waals surface area contributed by atoms with Gasteiger partial charge in [0.25, 0.3) is 0 Å². The van der Waals surface area contributed by atoms with Crippen LogP contribution >= 0.6 is 0 Å². The summed E-state index contributed by atoms with van der Waals surface area (Å²) in [5.74, 6) is -6.49. The van der Waals surface area contributed by atoms with Crippen LogP contribution in [0, 0.1) is 23.7 Å². The van der Waals surface area contributed by atoms with E-state index in [0.717, 1.165) is 19.3 Å². The molecule has 0 aliphatic carbocycles. The zero-order chi connectivity index (χ0) is 49.1. The summed E-state index contributed by atoms with van der Waals surface area (Å²) >= 11 is 0. The molecule has 3 saturated heterocycles. The third-order valence-corrected chi connectivity index (χ3v) is 13.6. The number of aliphatic hydroxyl groups excluding tert-OH is 3. The van der Waals surface area contributed by atoms with Gasteiger partial charge in [-0.05, 0) is 87.7 Å². The highest BCUT2D eigenvalue weighted by atomic mass is 16.7. The number of esters is 1. The Hall–Kier alpha value is -2.36. The summed E-state index contributed by atoms with van der Waals surface area (Å²) in [6.07, 6.45) is -5.18. The molecule has 18 atom stereocenters. The molecule has 0 radical (unpaired) electrons. The van der Waals surface area contributed by atoms with Crippen molar-refractivity contribution in [2.24, 2.45) is 23.7 Å². The molecular weight excluding hydrogens is 838 g/mol. The molecule has 64 heavy (non-hydrogen) atoms. The Bertz CT molecular complexity index is 1460. The van der Waals surface area contributed by atoms with Crippen LogP contribution in [0.3, 0.4) is 0 Å². The van der Waals surface area contributed by atoms with Gasteiger partial charge in [-0.25, -0.2) is 0 Å². The fourth-order valence-corrected chi connectivity index (χ4v) is 9.49. The lowest BCUT2D eigenvalue weighted by Crippen LogP contribution is -2.61. The van der Waals surface area contributed by atoms with Crippen LogP contribution in [0.25, 0.3) is 0 Å². The molecule has 0 unspecified atom stereocenters. The van der Waals surface area contributed by atoms with Crippen molar-refractivity contribution in [3.05, 3.63) is 0 Å². The number of carbonyl (C=O) groups is 4. The van der Waals surface area contributed by atoms with Crippen LogP contribution in [0.2, 0.25) is 0 Å². The quantitative estimate of drug-likeness (QED) is 0.0912. The first-order valence-electron chi connectivity index (χ1n) is 23.1. The predicted molar refractivity (Wildman–Crippen MR) is 234 cm³/mol. The van der Waals surface area contributed by atoms with Gasteiger partial charge in [0, 0.05) is 50.2 Å². The Labute approximate surface area is 380 Å². The average molecular weight is 922 g/mol. The number of ketones is 1. The summed E-state index contributed by atoms with van der Waals surface area (Å²) in [5, 5.41) is 74.2. The lowest BCUT2D eigenvalue weighted by molar-refractivity contribution is -0.318. The number of aliphatic hydroxyl groups is 5. The first kappa shape index (κ1) is 57.8. The molecular formula is C46H83NO17. The average Bonchev–Trinajstić information content (AvgIpc) is 3.21. The molecule has 7 N–H and O–H groups in total. The van der Waals surface area contributed by atoms with Crippen molar-refractivity contribution in [1.82, 2.24) is 4.90 Å². The minimum absolute atomic E-state index is 0.0936. The molecule has 3 rings (SSSR count). The van der Waals surface area contributed by atoms with Crippen molar-refractivity contribution in [3.63, 3.8) is 0 Å². The van der Waals surface area contributed by atoms with E-state index >= 15 is 0 Å². The van der Waals surface area contributed by atoms with Gasteiger partial charge in [-0.15, -0.1) is 0 Å². The SMILES string of the molecule is CC[C@H]1OC(=O)[C@H](C)[C@@H](O[C@H]2C[C@@](C)(OC)[C@@H](O)[C@H](C)O2)[C@H](C)[C@@H](O[C@@H]2O[C@H](C)C[C@H](N(C)C)[C@H]2O)[C@](C)(O)C[C@@H](C)C(=O)[C@H](C)[C@@H](O)[C@]1(C)O.O=C(O)CCCCCCCC(=O)O. The molecule has 0 aromatic carbocycles. The maximum atomic E-state index is 14.1. The molecule has 0 saturated carbocycles. The smallest absolute Gasteiger partial charge is 0.311 e. The number of nitrogens with zero attached hydrogens (tertiary/aromatic N) is 1. The standard InChI is InChI=1S/C37H67NO13.C9H16O4/c1-14-25-37(10,45)30(41)20(4)27(39)18(2)16-35(8,44)32(51-34-28(40)24(38(11)12)15-19(3)47-34)21(5)29(22(6)33(43)49-25)50-26-17-36(9,46-13)31(42)23(7)48-26;10-8(11)6-4-2-1-3-5-7-9(12)13/h18-26,28-32,34,40-42,44-45H,14-17H2,1-13H3;1-7H2,(H,10,11)(H,12,13)/t18-,19-,20+,21+,22-,23+,24+,25-,26+,28-,29+,30-,31+,32-,34+,35-,36-,37-;/m1./s1. The van der Waals surface area contributed by atoms with Gasteiger partial charge < -0.3 is 69.1 Å².